The van der Waals surface area contributed by atoms with Crippen LogP contribution in [0.5, 0.6) is 0 Å². The van der Waals surface area contributed by atoms with E-state index >= 15 is 0 Å². The minimum absolute atomic E-state index is 0.0930. The van der Waals surface area contributed by atoms with Gasteiger partial charge in [-0.15, -0.1) is 0 Å². The van der Waals surface area contributed by atoms with Crippen molar-refractivity contribution in [2.75, 3.05) is 13.2 Å². The molecule has 0 fully saturated rings. The number of rotatable bonds is 60. The number of unbranched alkanes of at least 4 members (excludes halogenated alkanes) is 27. The molecule has 0 N–H and O–H groups in total. The maximum absolute atomic E-state index is 12.9. The normalized spacial score (nSPS) is 13.0. The fourth-order valence-corrected chi connectivity index (χ4v) is 9.21. The minimum Gasteiger partial charge on any atom is -0.462 e. The predicted octanol–water partition coefficient (Wildman–Crippen LogP) is 23.3. The Balaban J connectivity index is 4.32. The van der Waals surface area contributed by atoms with Gasteiger partial charge in [-0.2, -0.15) is 0 Å². The van der Waals surface area contributed by atoms with Crippen molar-refractivity contribution in [1.82, 2.24) is 0 Å². The van der Waals surface area contributed by atoms with Crippen LogP contribution in [0.25, 0.3) is 0 Å². The molecule has 0 heterocycles. The number of carbonyl (C=O) groups is 3. The Bertz CT molecular complexity index is 1720. The summed E-state index contributed by atoms with van der Waals surface area (Å²) >= 11 is 0. The van der Waals surface area contributed by atoms with E-state index in [2.05, 4.69) is 154 Å². The highest BCUT2D eigenvalue weighted by Gasteiger charge is 2.19. The van der Waals surface area contributed by atoms with Gasteiger partial charge in [0, 0.05) is 19.3 Å². The molecule has 0 spiro atoms. The molecular formula is C75H124O6. The second-order valence-electron chi connectivity index (χ2n) is 21.9. The van der Waals surface area contributed by atoms with Crippen molar-refractivity contribution in [2.24, 2.45) is 0 Å². The number of esters is 3. The molecule has 0 aliphatic heterocycles. The topological polar surface area (TPSA) is 78.9 Å². The van der Waals surface area contributed by atoms with Crippen molar-refractivity contribution in [3.8, 4) is 0 Å². The van der Waals surface area contributed by atoms with E-state index in [-0.39, 0.29) is 31.1 Å². The van der Waals surface area contributed by atoms with Crippen LogP contribution in [0.3, 0.4) is 0 Å². The third-order valence-corrected chi connectivity index (χ3v) is 14.1. The van der Waals surface area contributed by atoms with E-state index in [9.17, 15) is 14.4 Å². The van der Waals surface area contributed by atoms with Crippen LogP contribution in [0.2, 0.25) is 0 Å². The highest BCUT2D eigenvalue weighted by molar-refractivity contribution is 5.71. The largest absolute Gasteiger partial charge is 0.462 e. The quantitative estimate of drug-likeness (QED) is 0.0261. The summed E-state index contributed by atoms with van der Waals surface area (Å²) in [5.41, 5.74) is 0. The lowest BCUT2D eigenvalue weighted by atomic mass is 10.0. The van der Waals surface area contributed by atoms with Gasteiger partial charge in [0.2, 0.25) is 0 Å². The molecule has 0 aromatic heterocycles. The Morgan fingerprint density at radius 3 is 0.691 bits per heavy atom. The van der Waals surface area contributed by atoms with E-state index in [1.165, 1.54) is 116 Å². The standard InChI is InChI=1S/C75H124O6/c1-4-7-10-13-16-19-22-25-28-31-32-33-34-35-36-37-38-39-40-41-42-45-47-50-53-56-59-62-65-68-74(77)80-71-72(81-75(78)69-66-63-60-57-54-51-48-44-30-27-24-21-18-15-12-9-6-3)70-79-73(76)67-64-61-58-55-52-49-46-43-29-26-23-20-17-14-11-8-5-2/h7-12,16-21,25-30,32-33,48,51,72H,4-6,13-15,22-24,31,34-47,49-50,52-71H2,1-3H3/b10-7-,11-8-,12-9-,19-16-,20-17-,21-18-,28-25-,29-26-,30-27-,33-32-,51-48-. The van der Waals surface area contributed by atoms with Gasteiger partial charge in [0.15, 0.2) is 6.10 Å². The summed E-state index contributed by atoms with van der Waals surface area (Å²) in [5, 5.41) is 0. The molecule has 1 unspecified atom stereocenters. The van der Waals surface area contributed by atoms with Crippen LogP contribution in [0.1, 0.15) is 303 Å². The number of hydrogen-bond donors (Lipinski definition) is 0. The Hall–Kier alpha value is -4.45. The molecule has 1 atom stereocenters. The fourth-order valence-electron chi connectivity index (χ4n) is 9.21. The van der Waals surface area contributed by atoms with Gasteiger partial charge in [0.25, 0.3) is 0 Å². The van der Waals surface area contributed by atoms with Gasteiger partial charge in [0.05, 0.1) is 0 Å². The van der Waals surface area contributed by atoms with E-state index in [1.807, 2.05) is 0 Å². The molecule has 0 aliphatic rings. The van der Waals surface area contributed by atoms with Crippen LogP contribution < -0.4 is 0 Å². The zero-order valence-electron chi connectivity index (χ0n) is 52.8. The summed E-state index contributed by atoms with van der Waals surface area (Å²) in [7, 11) is 0. The summed E-state index contributed by atoms with van der Waals surface area (Å²) in [5.74, 6) is -0.920. The van der Waals surface area contributed by atoms with Crippen molar-refractivity contribution in [3.05, 3.63) is 134 Å². The number of ether oxygens (including phenoxy) is 3. The van der Waals surface area contributed by atoms with E-state index in [4.69, 9.17) is 14.2 Å². The van der Waals surface area contributed by atoms with Crippen LogP contribution in [0.15, 0.2) is 134 Å². The molecule has 0 saturated heterocycles. The zero-order valence-corrected chi connectivity index (χ0v) is 52.8. The summed E-state index contributed by atoms with van der Waals surface area (Å²) in [6.07, 6.45) is 96.1. The van der Waals surface area contributed by atoms with E-state index < -0.39 is 6.10 Å². The molecule has 0 rings (SSSR count). The highest BCUT2D eigenvalue weighted by Crippen LogP contribution is 2.16. The van der Waals surface area contributed by atoms with Crippen molar-refractivity contribution >= 4 is 17.9 Å². The monoisotopic (exact) mass is 1120 g/mol. The van der Waals surface area contributed by atoms with Crippen LogP contribution >= 0.6 is 0 Å². The Labute approximate surface area is 500 Å². The van der Waals surface area contributed by atoms with Crippen LogP contribution in [0, 0.1) is 0 Å². The molecule has 0 radical (unpaired) electrons. The van der Waals surface area contributed by atoms with Crippen molar-refractivity contribution < 1.29 is 28.6 Å². The van der Waals surface area contributed by atoms with Crippen molar-refractivity contribution in [3.63, 3.8) is 0 Å². The van der Waals surface area contributed by atoms with Crippen LogP contribution in [0.4, 0.5) is 0 Å². The molecule has 0 amide bonds. The first kappa shape index (κ1) is 76.5. The number of hydrogen-bond acceptors (Lipinski definition) is 6. The molecule has 0 bridgehead atoms. The lowest BCUT2D eigenvalue weighted by molar-refractivity contribution is -0.167. The lowest BCUT2D eigenvalue weighted by Crippen LogP contribution is -2.30. The second-order valence-corrected chi connectivity index (χ2v) is 21.9. The third-order valence-electron chi connectivity index (χ3n) is 14.1. The van der Waals surface area contributed by atoms with Gasteiger partial charge in [0.1, 0.15) is 13.2 Å². The van der Waals surface area contributed by atoms with E-state index in [0.29, 0.717) is 19.3 Å². The van der Waals surface area contributed by atoms with Crippen molar-refractivity contribution in [2.45, 2.75) is 309 Å². The second kappa shape index (κ2) is 68.1. The molecule has 81 heavy (non-hydrogen) atoms. The maximum Gasteiger partial charge on any atom is 0.306 e. The van der Waals surface area contributed by atoms with Crippen LogP contribution in [-0.2, 0) is 28.6 Å². The van der Waals surface area contributed by atoms with Gasteiger partial charge < -0.3 is 14.2 Å². The Kier molecular flexibility index (Phi) is 64.3. The first-order chi connectivity index (χ1) is 40.0. The van der Waals surface area contributed by atoms with Crippen LogP contribution in [-0.4, -0.2) is 37.2 Å². The first-order valence-corrected chi connectivity index (χ1v) is 33.7. The van der Waals surface area contributed by atoms with Gasteiger partial charge in [-0.3, -0.25) is 14.4 Å². The average Bonchev–Trinajstić information content (AvgIpc) is 3.47. The van der Waals surface area contributed by atoms with E-state index in [1.54, 1.807) is 0 Å². The number of allylic oxidation sites excluding steroid dienone is 22. The summed E-state index contributed by atoms with van der Waals surface area (Å²) in [6, 6.07) is 0. The first-order valence-electron chi connectivity index (χ1n) is 33.7. The molecule has 6 nitrogen and oxygen atoms in total. The Morgan fingerprint density at radius 1 is 0.247 bits per heavy atom. The molecule has 0 saturated carbocycles. The fraction of sp³-hybridized carbons (Fsp3) is 0.667. The molecule has 0 aromatic carbocycles. The predicted molar refractivity (Wildman–Crippen MR) is 353 cm³/mol. The van der Waals surface area contributed by atoms with Gasteiger partial charge in [-0.25, -0.2) is 0 Å². The van der Waals surface area contributed by atoms with Gasteiger partial charge in [-0.1, -0.05) is 289 Å². The third kappa shape index (κ3) is 66.2. The number of carbonyl (C=O) groups excluding carboxylic acids is 3. The molecular weight excluding hydrogens is 997 g/mol. The Morgan fingerprint density at radius 2 is 0.444 bits per heavy atom. The maximum atomic E-state index is 12.9. The lowest BCUT2D eigenvalue weighted by Gasteiger charge is -2.18. The molecule has 460 valence electrons. The summed E-state index contributed by atoms with van der Waals surface area (Å²) < 4.78 is 16.9. The summed E-state index contributed by atoms with van der Waals surface area (Å²) in [6.45, 7) is 6.30. The SMILES string of the molecule is CC/C=C\C/C=C\C/C=C\C/C=C\CCCCCCCCCCCCCCCCCCC(=O)OCC(COC(=O)CCCCCCCCC/C=C\C/C=C\C/C=C\CC)OC(=O)CCCCCC/C=C\C/C=C\C/C=C\C/C=C\CC. The molecule has 0 aliphatic carbocycles. The average molecular weight is 1120 g/mol. The van der Waals surface area contributed by atoms with Crippen molar-refractivity contribution in [1.29, 1.82) is 0 Å². The smallest absolute Gasteiger partial charge is 0.306 e. The zero-order chi connectivity index (χ0) is 58.5. The van der Waals surface area contributed by atoms with Gasteiger partial charge >= 0.3 is 17.9 Å². The minimum atomic E-state index is -0.800. The molecule has 6 heteroatoms. The van der Waals surface area contributed by atoms with Gasteiger partial charge in [-0.05, 0) is 128 Å². The highest BCUT2D eigenvalue weighted by atomic mass is 16.6. The summed E-state index contributed by atoms with van der Waals surface area (Å²) in [4.78, 5) is 38.4. The molecule has 0 aromatic rings. The van der Waals surface area contributed by atoms with E-state index in [0.717, 1.165) is 148 Å².